The number of nitrogens with zero attached hydrogens (tertiary/aromatic N) is 3. The summed E-state index contributed by atoms with van der Waals surface area (Å²) in [5.41, 5.74) is 5.49. The first kappa shape index (κ1) is 26.1. The zero-order chi connectivity index (χ0) is 26.5. The van der Waals surface area contributed by atoms with E-state index >= 15 is 0 Å². The average Bonchev–Trinajstić information content (AvgIpc) is 2.89. The van der Waals surface area contributed by atoms with Crippen LogP contribution in [0.3, 0.4) is 0 Å². The van der Waals surface area contributed by atoms with Crippen LogP contribution < -0.4 is 15.8 Å². The average molecular weight is 498 g/mol. The Balaban J connectivity index is 1.79. The second-order valence-electron chi connectivity index (χ2n) is 9.94. The van der Waals surface area contributed by atoms with Gasteiger partial charge >= 0.3 is 6.03 Å². The second kappa shape index (κ2) is 11.4. The molecule has 192 valence electrons. The SMILES string of the molecule is CCCCN(C(=O)Nc1c(C(C)C)cc(-c2cccnc2)cc1C(C)C)c1cc2cccnc2[nH]c1=O. The summed E-state index contributed by atoms with van der Waals surface area (Å²) in [6, 6.07) is 13.4. The van der Waals surface area contributed by atoms with Crippen molar-refractivity contribution < 1.29 is 4.79 Å². The van der Waals surface area contributed by atoms with Gasteiger partial charge in [0.25, 0.3) is 5.56 Å². The lowest BCUT2D eigenvalue weighted by molar-refractivity contribution is 0.256. The highest BCUT2D eigenvalue weighted by molar-refractivity contribution is 6.03. The highest BCUT2D eigenvalue weighted by atomic mass is 16.2. The van der Waals surface area contributed by atoms with Gasteiger partial charge < -0.3 is 10.3 Å². The molecule has 2 N–H and O–H groups in total. The van der Waals surface area contributed by atoms with Crippen molar-refractivity contribution >= 4 is 28.4 Å². The largest absolute Gasteiger partial charge is 0.326 e. The molecule has 0 saturated carbocycles. The topological polar surface area (TPSA) is 91.0 Å². The fourth-order valence-corrected chi connectivity index (χ4v) is 4.49. The molecule has 1 aromatic carbocycles. The molecule has 0 saturated heterocycles. The lowest BCUT2D eigenvalue weighted by Crippen LogP contribution is -2.39. The van der Waals surface area contributed by atoms with E-state index in [1.165, 1.54) is 0 Å². The number of hydrogen-bond acceptors (Lipinski definition) is 4. The van der Waals surface area contributed by atoms with E-state index in [-0.39, 0.29) is 23.4 Å². The quantitative estimate of drug-likeness (QED) is 0.272. The number of pyridine rings is 3. The van der Waals surface area contributed by atoms with Crippen LogP contribution in [0.2, 0.25) is 0 Å². The summed E-state index contributed by atoms with van der Waals surface area (Å²) < 4.78 is 0. The number of aromatic nitrogens is 3. The first-order chi connectivity index (χ1) is 17.8. The van der Waals surface area contributed by atoms with Crippen LogP contribution in [0.1, 0.15) is 70.4 Å². The summed E-state index contributed by atoms with van der Waals surface area (Å²) in [6.45, 7) is 11.0. The van der Waals surface area contributed by atoms with Crippen molar-refractivity contribution in [2.75, 3.05) is 16.8 Å². The Kier molecular flexibility index (Phi) is 8.01. The number of benzene rings is 1. The van der Waals surface area contributed by atoms with Gasteiger partial charge in [-0.2, -0.15) is 0 Å². The number of carbonyl (C=O) groups excluding carboxylic acids is 1. The monoisotopic (exact) mass is 497 g/mol. The number of fused-ring (bicyclic) bond motifs is 1. The van der Waals surface area contributed by atoms with Crippen LogP contribution in [0.4, 0.5) is 16.2 Å². The molecule has 4 aromatic rings. The number of H-pyrrole nitrogens is 1. The van der Waals surface area contributed by atoms with Crippen molar-refractivity contribution in [3.63, 3.8) is 0 Å². The molecule has 3 heterocycles. The number of amides is 2. The van der Waals surface area contributed by atoms with Gasteiger partial charge in [0.05, 0.1) is 0 Å². The molecule has 3 aromatic heterocycles. The lowest BCUT2D eigenvalue weighted by Gasteiger charge is -2.26. The van der Waals surface area contributed by atoms with Crippen molar-refractivity contribution in [2.24, 2.45) is 0 Å². The summed E-state index contributed by atoms with van der Waals surface area (Å²) in [4.78, 5) is 39.8. The molecule has 4 rings (SSSR count). The van der Waals surface area contributed by atoms with E-state index < -0.39 is 0 Å². The predicted octanol–water partition coefficient (Wildman–Crippen LogP) is 7.07. The smallest absolute Gasteiger partial charge is 0.307 e. The Hall–Kier alpha value is -4.00. The van der Waals surface area contributed by atoms with Crippen molar-refractivity contribution in [1.29, 1.82) is 0 Å². The minimum Gasteiger partial charge on any atom is -0.307 e. The standard InChI is InChI=1S/C30H35N5O2/c1-6-7-14-35(26-17-21-10-9-13-32-28(21)34-29(26)36)30(37)33-27-24(19(2)3)15-23(16-25(27)20(4)5)22-11-8-12-31-18-22/h8-13,15-20H,6-7,14H2,1-5H3,(H,33,37)(H,32,34,36). The van der Waals surface area contributed by atoms with E-state index in [0.717, 1.165) is 46.2 Å². The molecule has 0 atom stereocenters. The van der Waals surface area contributed by atoms with Gasteiger partial charge in [-0.3, -0.25) is 14.7 Å². The zero-order valence-corrected chi connectivity index (χ0v) is 22.2. The van der Waals surface area contributed by atoms with Crippen molar-refractivity contribution in [1.82, 2.24) is 15.0 Å². The van der Waals surface area contributed by atoms with Gasteiger partial charge in [0.2, 0.25) is 0 Å². The lowest BCUT2D eigenvalue weighted by atomic mass is 9.88. The zero-order valence-electron chi connectivity index (χ0n) is 22.2. The molecular weight excluding hydrogens is 462 g/mol. The van der Waals surface area contributed by atoms with E-state index in [4.69, 9.17) is 0 Å². The summed E-state index contributed by atoms with van der Waals surface area (Å²) in [5.74, 6) is 0.340. The van der Waals surface area contributed by atoms with Crippen LogP contribution in [-0.2, 0) is 0 Å². The third-order valence-electron chi connectivity index (χ3n) is 6.54. The highest BCUT2D eigenvalue weighted by Gasteiger charge is 2.24. The van der Waals surface area contributed by atoms with Crippen LogP contribution in [0.5, 0.6) is 0 Å². The molecular formula is C30H35N5O2. The highest BCUT2D eigenvalue weighted by Crippen LogP contribution is 2.37. The van der Waals surface area contributed by atoms with E-state index in [1.807, 2.05) is 30.5 Å². The first-order valence-electron chi connectivity index (χ1n) is 12.9. The normalized spacial score (nSPS) is 11.3. The van der Waals surface area contributed by atoms with Gasteiger partial charge in [-0.15, -0.1) is 0 Å². The third kappa shape index (κ3) is 5.71. The Morgan fingerprint density at radius 2 is 1.70 bits per heavy atom. The van der Waals surface area contributed by atoms with Crippen molar-refractivity contribution in [2.45, 2.75) is 59.3 Å². The summed E-state index contributed by atoms with van der Waals surface area (Å²) in [5, 5.41) is 3.98. The number of unbranched alkanes of at least 4 members (excludes halogenated alkanes) is 1. The number of aromatic amines is 1. The van der Waals surface area contributed by atoms with Gasteiger partial charge in [-0.25, -0.2) is 9.78 Å². The molecule has 0 bridgehead atoms. The fraction of sp³-hybridized carbons (Fsp3) is 0.333. The second-order valence-corrected chi connectivity index (χ2v) is 9.94. The maximum absolute atomic E-state index is 13.8. The molecule has 7 nitrogen and oxygen atoms in total. The summed E-state index contributed by atoms with van der Waals surface area (Å²) in [7, 11) is 0. The van der Waals surface area contributed by atoms with E-state index in [9.17, 15) is 9.59 Å². The Morgan fingerprint density at radius 1 is 1.00 bits per heavy atom. The minimum absolute atomic E-state index is 0.170. The van der Waals surface area contributed by atoms with Crippen LogP contribution in [-0.4, -0.2) is 27.5 Å². The van der Waals surface area contributed by atoms with E-state index in [1.54, 1.807) is 23.4 Å². The maximum atomic E-state index is 13.8. The Bertz CT molecular complexity index is 1410. The fourth-order valence-electron chi connectivity index (χ4n) is 4.49. The van der Waals surface area contributed by atoms with Crippen LogP contribution in [0, 0.1) is 0 Å². The number of nitrogens with one attached hydrogen (secondary N) is 2. The third-order valence-corrected chi connectivity index (χ3v) is 6.54. The van der Waals surface area contributed by atoms with Crippen LogP contribution in [0.15, 0.2) is 65.8 Å². The van der Waals surface area contributed by atoms with Gasteiger partial charge in [0, 0.05) is 41.8 Å². The molecule has 37 heavy (non-hydrogen) atoms. The van der Waals surface area contributed by atoms with Gasteiger partial charge in [-0.05, 0) is 71.3 Å². The van der Waals surface area contributed by atoms with Gasteiger partial charge in [-0.1, -0.05) is 47.1 Å². The number of carbonyl (C=O) groups is 1. The first-order valence-corrected chi connectivity index (χ1v) is 12.9. The summed E-state index contributed by atoms with van der Waals surface area (Å²) in [6.07, 6.45) is 6.92. The van der Waals surface area contributed by atoms with Gasteiger partial charge in [0.1, 0.15) is 11.3 Å². The molecule has 7 heteroatoms. The summed E-state index contributed by atoms with van der Waals surface area (Å²) >= 11 is 0. The molecule has 0 aliphatic rings. The molecule has 0 spiro atoms. The Morgan fingerprint density at radius 3 is 2.32 bits per heavy atom. The van der Waals surface area contributed by atoms with E-state index in [2.05, 4.69) is 67.0 Å². The molecule has 0 radical (unpaired) electrons. The van der Waals surface area contributed by atoms with Crippen molar-refractivity contribution in [3.05, 3.63) is 82.5 Å². The molecule has 0 aliphatic carbocycles. The minimum atomic E-state index is -0.336. The number of hydrogen-bond donors (Lipinski definition) is 2. The molecule has 0 fully saturated rings. The van der Waals surface area contributed by atoms with Gasteiger partial charge in [0.15, 0.2) is 0 Å². The molecule has 0 aliphatic heterocycles. The van der Waals surface area contributed by atoms with E-state index in [0.29, 0.717) is 17.9 Å². The number of anilines is 2. The predicted molar refractivity (Wildman–Crippen MR) is 151 cm³/mol. The van der Waals surface area contributed by atoms with Crippen molar-refractivity contribution in [3.8, 4) is 11.1 Å². The van der Waals surface area contributed by atoms with Crippen LogP contribution in [0.25, 0.3) is 22.2 Å². The molecule has 2 amide bonds. The Labute approximate surface area is 218 Å². The van der Waals surface area contributed by atoms with Crippen LogP contribution >= 0.6 is 0 Å². The number of urea groups is 1. The number of rotatable bonds is 8. The molecule has 0 unspecified atom stereocenters. The maximum Gasteiger partial charge on any atom is 0.326 e.